The fourth-order valence-corrected chi connectivity index (χ4v) is 5.90. The molecule has 2 heterocycles. The Morgan fingerprint density at radius 2 is 1.67 bits per heavy atom. The molecule has 7 nitrogen and oxygen atoms in total. The molecule has 9 heteroatoms. The number of sulfonamides is 1. The van der Waals surface area contributed by atoms with E-state index in [1.165, 1.54) is 0 Å². The molecule has 2 aromatic carbocycles. The first-order valence-electron chi connectivity index (χ1n) is 9.96. The Morgan fingerprint density at radius 1 is 1.00 bits per heavy atom. The first-order valence-corrected chi connectivity index (χ1v) is 12.3. The number of benzene rings is 2. The largest absolute Gasteiger partial charge is 0.369 e. The van der Waals surface area contributed by atoms with Gasteiger partial charge in [0.15, 0.2) is 0 Å². The molecular weight excluding hydrogens is 420 g/mol. The van der Waals surface area contributed by atoms with Crippen molar-refractivity contribution in [2.75, 3.05) is 42.8 Å². The van der Waals surface area contributed by atoms with Crippen LogP contribution in [0.2, 0.25) is 0 Å². The van der Waals surface area contributed by atoms with Gasteiger partial charge in [0.2, 0.25) is 0 Å². The van der Waals surface area contributed by atoms with Gasteiger partial charge in [0.1, 0.15) is 0 Å². The molecule has 0 radical (unpaired) electrons. The zero-order valence-electron chi connectivity index (χ0n) is 17.3. The number of rotatable bonds is 5. The molecule has 1 N–H and O–H groups in total. The Balaban J connectivity index is 1.55. The molecule has 1 aliphatic heterocycles. The molecule has 160 valence electrons. The highest BCUT2D eigenvalue weighted by Gasteiger charge is 2.19. The summed E-state index contributed by atoms with van der Waals surface area (Å²) in [6, 6.07) is 12.3. The Labute approximate surface area is 180 Å². The van der Waals surface area contributed by atoms with Crippen molar-refractivity contribution >= 4 is 43.0 Å². The standard InChI is InChI=1S/C21H26N4O3S2/c1-15(2)25-19-9-8-18(14-20(19)29-21(25)26)30(27,28)22-16-4-6-17(7-5-16)24-12-10-23(3)11-13-24/h4-9,14-15,22H,10-13H2,1-3H3. The van der Waals surface area contributed by atoms with E-state index in [0.29, 0.717) is 10.4 Å². The molecular formula is C21H26N4O3S2. The molecule has 0 aliphatic carbocycles. The summed E-state index contributed by atoms with van der Waals surface area (Å²) in [5.74, 6) is 0. The van der Waals surface area contributed by atoms with E-state index in [9.17, 15) is 13.2 Å². The van der Waals surface area contributed by atoms with Crippen molar-refractivity contribution in [1.82, 2.24) is 9.47 Å². The van der Waals surface area contributed by atoms with E-state index in [2.05, 4.69) is 21.6 Å². The Morgan fingerprint density at radius 3 is 2.30 bits per heavy atom. The smallest absolute Gasteiger partial charge is 0.308 e. The minimum Gasteiger partial charge on any atom is -0.369 e. The third kappa shape index (κ3) is 4.10. The number of nitrogens with one attached hydrogen (secondary N) is 1. The van der Waals surface area contributed by atoms with E-state index < -0.39 is 10.0 Å². The lowest BCUT2D eigenvalue weighted by atomic mass is 10.2. The predicted molar refractivity (Wildman–Crippen MR) is 123 cm³/mol. The van der Waals surface area contributed by atoms with Crippen LogP contribution < -0.4 is 14.5 Å². The summed E-state index contributed by atoms with van der Waals surface area (Å²) < 4.78 is 30.8. The maximum Gasteiger partial charge on any atom is 0.308 e. The van der Waals surface area contributed by atoms with Gasteiger partial charge in [0.05, 0.1) is 15.1 Å². The normalized spacial score (nSPS) is 15.8. The molecule has 4 rings (SSSR count). The van der Waals surface area contributed by atoms with E-state index in [1.54, 1.807) is 34.9 Å². The van der Waals surface area contributed by atoms with E-state index in [0.717, 1.165) is 48.7 Å². The molecule has 3 aromatic rings. The lowest BCUT2D eigenvalue weighted by molar-refractivity contribution is 0.313. The van der Waals surface area contributed by atoms with E-state index >= 15 is 0 Å². The van der Waals surface area contributed by atoms with Crippen LogP contribution in [0.15, 0.2) is 52.2 Å². The van der Waals surface area contributed by atoms with Crippen LogP contribution in [0.25, 0.3) is 10.2 Å². The number of piperazine rings is 1. The number of hydrogen-bond acceptors (Lipinski definition) is 6. The maximum absolute atomic E-state index is 12.9. The van der Waals surface area contributed by atoms with Crippen LogP contribution in [-0.2, 0) is 10.0 Å². The van der Waals surface area contributed by atoms with Crippen LogP contribution in [-0.4, -0.2) is 51.1 Å². The lowest BCUT2D eigenvalue weighted by Gasteiger charge is -2.34. The van der Waals surface area contributed by atoms with E-state index in [4.69, 9.17) is 0 Å². The molecule has 1 fully saturated rings. The molecule has 0 saturated carbocycles. The van der Waals surface area contributed by atoms with Crippen molar-refractivity contribution in [3.63, 3.8) is 0 Å². The van der Waals surface area contributed by atoms with Gasteiger partial charge in [0.25, 0.3) is 10.0 Å². The Bertz CT molecular complexity index is 1210. The molecule has 0 bridgehead atoms. The summed E-state index contributed by atoms with van der Waals surface area (Å²) in [5.41, 5.74) is 2.36. The molecule has 0 unspecified atom stereocenters. The van der Waals surface area contributed by atoms with Crippen molar-refractivity contribution in [1.29, 1.82) is 0 Å². The molecule has 1 aliphatic rings. The summed E-state index contributed by atoms with van der Waals surface area (Å²) >= 11 is 1.07. The second-order valence-electron chi connectivity index (χ2n) is 7.90. The van der Waals surface area contributed by atoms with Crippen LogP contribution >= 0.6 is 11.3 Å². The van der Waals surface area contributed by atoms with Crippen molar-refractivity contribution < 1.29 is 8.42 Å². The van der Waals surface area contributed by atoms with Crippen molar-refractivity contribution in [3.8, 4) is 0 Å². The third-order valence-corrected chi connectivity index (χ3v) is 7.70. The van der Waals surface area contributed by atoms with Gasteiger partial charge in [-0.05, 0) is 63.4 Å². The molecule has 1 saturated heterocycles. The van der Waals surface area contributed by atoms with Gasteiger partial charge >= 0.3 is 4.87 Å². The van der Waals surface area contributed by atoms with Crippen molar-refractivity contribution in [3.05, 3.63) is 52.1 Å². The molecule has 1 aromatic heterocycles. The van der Waals surface area contributed by atoms with Gasteiger partial charge < -0.3 is 9.80 Å². The summed E-state index contributed by atoms with van der Waals surface area (Å²) in [7, 11) is -1.63. The van der Waals surface area contributed by atoms with Crippen LogP contribution in [0.3, 0.4) is 0 Å². The van der Waals surface area contributed by atoms with Crippen LogP contribution in [0.4, 0.5) is 11.4 Å². The number of hydrogen-bond donors (Lipinski definition) is 1. The second kappa shape index (κ2) is 8.05. The third-order valence-electron chi connectivity index (χ3n) is 5.40. The van der Waals surface area contributed by atoms with Gasteiger partial charge in [-0.3, -0.25) is 14.1 Å². The summed E-state index contributed by atoms with van der Waals surface area (Å²) in [6.07, 6.45) is 0. The predicted octanol–water partition coefficient (Wildman–Crippen LogP) is 3.20. The number of fused-ring (bicyclic) bond motifs is 1. The number of thiazole rings is 1. The average Bonchev–Trinajstić information content (AvgIpc) is 3.04. The van der Waals surface area contributed by atoms with Gasteiger partial charge in [-0.1, -0.05) is 11.3 Å². The highest BCUT2D eigenvalue weighted by Crippen LogP contribution is 2.26. The summed E-state index contributed by atoms with van der Waals surface area (Å²) in [4.78, 5) is 16.9. The number of anilines is 2. The monoisotopic (exact) mass is 446 g/mol. The van der Waals surface area contributed by atoms with E-state index in [-0.39, 0.29) is 15.8 Å². The minimum absolute atomic E-state index is 0.0191. The van der Waals surface area contributed by atoms with Gasteiger partial charge in [-0.2, -0.15) is 0 Å². The van der Waals surface area contributed by atoms with Crippen molar-refractivity contribution in [2.45, 2.75) is 24.8 Å². The first kappa shape index (κ1) is 20.9. The highest BCUT2D eigenvalue weighted by molar-refractivity contribution is 7.92. The first-order chi connectivity index (χ1) is 14.2. The average molecular weight is 447 g/mol. The number of nitrogens with zero attached hydrogens (tertiary/aromatic N) is 3. The van der Waals surface area contributed by atoms with Crippen LogP contribution in [0, 0.1) is 0 Å². The van der Waals surface area contributed by atoms with Crippen LogP contribution in [0.5, 0.6) is 0 Å². The SMILES string of the molecule is CC(C)n1c(=O)sc2cc(S(=O)(=O)Nc3ccc(N4CCN(C)CC4)cc3)ccc21. The Hall–Kier alpha value is -2.36. The maximum atomic E-state index is 12.9. The molecule has 0 amide bonds. The van der Waals surface area contributed by atoms with E-state index in [1.807, 2.05) is 26.0 Å². The van der Waals surface area contributed by atoms with Crippen molar-refractivity contribution in [2.24, 2.45) is 0 Å². The fraction of sp³-hybridized carbons (Fsp3) is 0.381. The number of aromatic nitrogens is 1. The lowest BCUT2D eigenvalue weighted by Crippen LogP contribution is -2.44. The highest BCUT2D eigenvalue weighted by atomic mass is 32.2. The number of likely N-dealkylation sites (N-methyl/N-ethyl adjacent to an activating group) is 1. The topological polar surface area (TPSA) is 74.6 Å². The van der Waals surface area contributed by atoms with Gasteiger partial charge in [0, 0.05) is 43.6 Å². The van der Waals surface area contributed by atoms with Crippen LogP contribution in [0.1, 0.15) is 19.9 Å². The quantitative estimate of drug-likeness (QED) is 0.652. The fourth-order valence-electron chi connectivity index (χ4n) is 3.69. The van der Waals surface area contributed by atoms with Gasteiger partial charge in [-0.15, -0.1) is 0 Å². The zero-order valence-corrected chi connectivity index (χ0v) is 19.0. The summed E-state index contributed by atoms with van der Waals surface area (Å²) in [6.45, 7) is 7.82. The zero-order chi connectivity index (χ0) is 21.5. The molecule has 0 atom stereocenters. The molecule has 30 heavy (non-hydrogen) atoms. The summed E-state index contributed by atoms with van der Waals surface area (Å²) in [5, 5.41) is 0. The second-order valence-corrected chi connectivity index (χ2v) is 10.6. The Kier molecular flexibility index (Phi) is 5.61. The minimum atomic E-state index is -3.75. The molecule has 0 spiro atoms. The van der Waals surface area contributed by atoms with Gasteiger partial charge in [-0.25, -0.2) is 8.42 Å².